The van der Waals surface area contributed by atoms with Crippen LogP contribution in [0.15, 0.2) is 0 Å². The van der Waals surface area contributed by atoms with Crippen LogP contribution in [0.1, 0.15) is 48.5 Å². The lowest BCUT2D eigenvalue weighted by Gasteiger charge is -2.61. The number of halogens is 3. The Kier molecular flexibility index (Phi) is 14.2. The molecule has 20 nitrogen and oxygen atoms in total. The number of ether oxygens (including phenoxy) is 3. The lowest BCUT2D eigenvalue weighted by atomic mass is 9.59. The molecular formula is C28H38Cl3NO19. The summed E-state index contributed by atoms with van der Waals surface area (Å²) in [6, 6.07) is 0. The van der Waals surface area contributed by atoms with Gasteiger partial charge in [0.1, 0.15) is 30.5 Å². The summed E-state index contributed by atoms with van der Waals surface area (Å²) in [6.07, 6.45) is -19.4. The highest BCUT2D eigenvalue weighted by molar-refractivity contribution is 6.76. The van der Waals surface area contributed by atoms with Gasteiger partial charge in [-0.25, -0.2) is 0 Å². The zero-order valence-electron chi connectivity index (χ0n) is 27.8. The Morgan fingerprint density at radius 2 is 1.06 bits per heavy atom. The molecule has 2 aliphatic heterocycles. The number of amides is 1. The van der Waals surface area contributed by atoms with Crippen LogP contribution in [0.5, 0.6) is 0 Å². The quantitative estimate of drug-likeness (QED) is 0.0885. The molecule has 2 saturated heterocycles. The molecule has 290 valence electrons. The van der Waals surface area contributed by atoms with Gasteiger partial charge in [0.2, 0.25) is 16.8 Å². The molecule has 2 fully saturated rings. The normalized spacial score (nSPS) is 37.9. The molecule has 51 heavy (non-hydrogen) atoms. The van der Waals surface area contributed by atoms with Crippen molar-refractivity contribution < 1.29 is 93.4 Å². The highest BCUT2D eigenvalue weighted by atomic mass is 35.6. The van der Waals surface area contributed by atoms with Crippen molar-refractivity contribution in [3.63, 3.8) is 0 Å². The van der Waals surface area contributed by atoms with E-state index in [9.17, 15) is 79.2 Å². The van der Waals surface area contributed by atoms with Crippen LogP contribution in [-0.2, 0) is 52.6 Å². The number of hydrogen-bond donors (Lipinski definition) is 9. The molecule has 2 unspecified atom stereocenters. The van der Waals surface area contributed by atoms with Crippen molar-refractivity contribution in [1.29, 1.82) is 0 Å². The standard InChI is InChI=1S/C26H36O18.C2H2Cl3NO/c1-8(27)15(34)17-18(36)22(38,10(3)29)24(40,12(5)31)21(42-17)44-25(13(6)32)19(16(35)9(2)28)43-20(37)23(39,11(4)30)26(25,41)14(7)33;3-2(4,5)1(6)7/h15-21,34-41H,1-7H3;(H2,6,7)/t15?,16?,17-,18+,19-,20+,21+,22+,23+,24+,25-,26-;/m1./s1. The van der Waals surface area contributed by atoms with Gasteiger partial charge >= 0.3 is 0 Å². The number of Topliss-reactive ketones (excluding diaryl/α,β-unsaturated/α-hetero) is 7. The summed E-state index contributed by atoms with van der Waals surface area (Å²) in [4.78, 5) is 99.5. The Morgan fingerprint density at radius 1 is 0.667 bits per heavy atom. The molecule has 0 radical (unpaired) electrons. The van der Waals surface area contributed by atoms with E-state index in [0.717, 1.165) is 6.92 Å². The van der Waals surface area contributed by atoms with E-state index >= 15 is 0 Å². The first-order valence-electron chi connectivity index (χ1n) is 14.3. The fraction of sp³-hybridized carbons (Fsp3) is 0.714. The Bertz CT molecular complexity index is 1490. The van der Waals surface area contributed by atoms with Gasteiger partial charge in [0.25, 0.3) is 9.70 Å². The van der Waals surface area contributed by atoms with Gasteiger partial charge in [0.15, 0.2) is 64.3 Å². The molecule has 1 amide bonds. The number of primary amides is 1. The molecule has 0 aromatic carbocycles. The van der Waals surface area contributed by atoms with Crippen LogP contribution in [0.25, 0.3) is 0 Å². The van der Waals surface area contributed by atoms with Gasteiger partial charge < -0.3 is 60.8 Å². The Hall–Kier alpha value is -2.41. The molecule has 23 heteroatoms. The number of alkyl halides is 3. The van der Waals surface area contributed by atoms with Crippen LogP contribution in [-0.4, -0.2) is 162 Å². The summed E-state index contributed by atoms with van der Waals surface area (Å²) in [5.41, 5.74) is -15.0. The highest BCUT2D eigenvalue weighted by Crippen LogP contribution is 2.52. The summed E-state index contributed by atoms with van der Waals surface area (Å²) in [5.74, 6) is -11.9. The zero-order chi connectivity index (χ0) is 40.8. The van der Waals surface area contributed by atoms with Crippen LogP contribution < -0.4 is 5.73 Å². The van der Waals surface area contributed by atoms with Crippen molar-refractivity contribution in [2.24, 2.45) is 5.73 Å². The number of nitrogens with two attached hydrogens (primary N) is 1. The Morgan fingerprint density at radius 3 is 1.35 bits per heavy atom. The van der Waals surface area contributed by atoms with Crippen molar-refractivity contribution in [1.82, 2.24) is 0 Å². The summed E-state index contributed by atoms with van der Waals surface area (Å²) in [7, 11) is 0. The van der Waals surface area contributed by atoms with Crippen LogP contribution in [0.4, 0.5) is 0 Å². The SMILES string of the molecule is CC(=O)C(O)[C@H]1O[C@@H](O[C@]2(C(C)=O)[C@@H](C(O)C(C)=O)O[C@H](O)[C@@](O)(C(C)=O)[C@]2(O)C(C)=O)[C@@](O)(C(C)=O)[C@](O)(C(C)=O)[C@H]1O.NC(=O)C(Cl)(Cl)Cl. The maximum absolute atomic E-state index is 13.6. The van der Waals surface area contributed by atoms with E-state index < -0.39 is 121 Å². The fourth-order valence-electron chi connectivity index (χ4n) is 5.79. The van der Waals surface area contributed by atoms with E-state index in [-0.39, 0.29) is 0 Å². The molecule has 2 rings (SSSR count). The lowest BCUT2D eigenvalue weighted by Crippen LogP contribution is -2.89. The van der Waals surface area contributed by atoms with E-state index in [1.807, 2.05) is 0 Å². The largest absolute Gasteiger partial charge is 0.387 e. The van der Waals surface area contributed by atoms with Gasteiger partial charge in [-0.2, -0.15) is 0 Å². The summed E-state index contributed by atoms with van der Waals surface area (Å²) >= 11 is 14.8. The topological polar surface area (TPSA) is 352 Å². The van der Waals surface area contributed by atoms with Crippen LogP contribution in [0.3, 0.4) is 0 Å². The summed E-state index contributed by atoms with van der Waals surface area (Å²) in [5, 5.41) is 89.1. The number of rotatable bonds is 11. The smallest absolute Gasteiger partial charge is 0.269 e. The van der Waals surface area contributed by atoms with Crippen molar-refractivity contribution >= 4 is 81.2 Å². The van der Waals surface area contributed by atoms with Crippen molar-refractivity contribution in [3.8, 4) is 0 Å². The number of ketones is 7. The molecule has 0 bridgehead atoms. The minimum absolute atomic E-state index is 0.459. The minimum Gasteiger partial charge on any atom is -0.387 e. The summed E-state index contributed by atoms with van der Waals surface area (Å²) < 4.78 is 14.0. The molecule has 2 aliphatic rings. The second-order valence-electron chi connectivity index (χ2n) is 11.9. The van der Waals surface area contributed by atoms with E-state index in [1.165, 1.54) is 0 Å². The van der Waals surface area contributed by atoms with E-state index in [4.69, 9.17) is 49.0 Å². The molecule has 0 aromatic rings. The van der Waals surface area contributed by atoms with Gasteiger partial charge in [-0.3, -0.25) is 38.4 Å². The second-order valence-corrected chi connectivity index (χ2v) is 14.2. The lowest BCUT2D eigenvalue weighted by molar-refractivity contribution is -0.421. The molecule has 0 saturated carbocycles. The average molecular weight is 799 g/mol. The number of carbonyl (C=O) groups excluding carboxylic acids is 8. The Labute approximate surface area is 303 Å². The molecule has 0 spiro atoms. The Balaban J connectivity index is 0.00000167. The molecule has 12 atom stereocenters. The third-order valence-corrected chi connectivity index (χ3v) is 9.27. The van der Waals surface area contributed by atoms with Crippen molar-refractivity contribution in [2.75, 3.05) is 0 Å². The number of hydrogen-bond acceptors (Lipinski definition) is 19. The maximum Gasteiger partial charge on any atom is 0.269 e. The molecular weight excluding hydrogens is 761 g/mol. The first-order valence-corrected chi connectivity index (χ1v) is 15.4. The van der Waals surface area contributed by atoms with E-state index in [2.05, 4.69) is 5.73 Å². The van der Waals surface area contributed by atoms with E-state index in [1.54, 1.807) is 0 Å². The number of aliphatic hydroxyl groups excluding tert-OH is 4. The van der Waals surface area contributed by atoms with Crippen molar-refractivity contribution in [3.05, 3.63) is 0 Å². The third kappa shape index (κ3) is 7.15. The van der Waals surface area contributed by atoms with Gasteiger partial charge in [-0.1, -0.05) is 34.8 Å². The predicted molar refractivity (Wildman–Crippen MR) is 165 cm³/mol. The third-order valence-electron chi connectivity index (χ3n) is 8.71. The second kappa shape index (κ2) is 15.5. The van der Waals surface area contributed by atoms with Crippen LogP contribution in [0, 0.1) is 0 Å². The first-order chi connectivity index (χ1) is 22.7. The van der Waals surface area contributed by atoms with Crippen LogP contribution >= 0.6 is 34.8 Å². The van der Waals surface area contributed by atoms with Gasteiger partial charge in [0, 0.05) is 0 Å². The molecule has 10 N–H and O–H groups in total. The van der Waals surface area contributed by atoms with Gasteiger partial charge in [-0.15, -0.1) is 0 Å². The maximum atomic E-state index is 13.6. The number of carbonyl (C=O) groups is 8. The van der Waals surface area contributed by atoms with Crippen molar-refractivity contribution in [2.45, 2.75) is 123 Å². The van der Waals surface area contributed by atoms with Gasteiger partial charge in [0.05, 0.1) is 0 Å². The highest BCUT2D eigenvalue weighted by Gasteiger charge is 2.82. The molecule has 0 aromatic heterocycles. The zero-order valence-corrected chi connectivity index (χ0v) is 30.1. The number of aliphatic hydroxyl groups is 8. The fourth-order valence-corrected chi connectivity index (χ4v) is 5.79. The average Bonchev–Trinajstić information content (AvgIpc) is 2.99. The minimum atomic E-state index is -4.11. The van der Waals surface area contributed by atoms with Gasteiger partial charge in [-0.05, 0) is 48.5 Å². The summed E-state index contributed by atoms with van der Waals surface area (Å²) in [6.45, 7) is 3.95. The molecule has 2 heterocycles. The first kappa shape index (κ1) is 46.6. The van der Waals surface area contributed by atoms with Crippen LogP contribution in [0.2, 0.25) is 0 Å². The monoisotopic (exact) mass is 797 g/mol. The van der Waals surface area contributed by atoms with E-state index in [0.29, 0.717) is 41.5 Å². The predicted octanol–water partition coefficient (Wildman–Crippen LogP) is -4.84. The molecule has 0 aliphatic carbocycles.